The first-order valence-electron chi connectivity index (χ1n) is 9.02. The molecule has 1 aliphatic rings. The number of allylic oxidation sites excluding steroid dienone is 2. The molecule has 1 aromatic rings. The van der Waals surface area contributed by atoms with Gasteiger partial charge in [-0.15, -0.1) is 0 Å². The van der Waals surface area contributed by atoms with Gasteiger partial charge < -0.3 is 9.64 Å². The number of carbonyl (C=O) groups excluding carboxylic acids is 2. The number of hydrogen-bond donors (Lipinski definition) is 0. The molecule has 0 fully saturated rings. The zero-order valence-electron chi connectivity index (χ0n) is 16.5. The lowest BCUT2D eigenvalue weighted by Gasteiger charge is -2.32. The van der Waals surface area contributed by atoms with E-state index in [9.17, 15) is 18.4 Å². The number of alkyl halides is 2. The molecule has 28 heavy (non-hydrogen) atoms. The Hall–Kier alpha value is -2.75. The molecule has 5 nitrogen and oxygen atoms in total. The van der Waals surface area contributed by atoms with Crippen molar-refractivity contribution in [3.8, 4) is 11.8 Å². The third kappa shape index (κ3) is 5.38. The largest absolute Gasteiger partial charge is 0.433 e. The lowest BCUT2D eigenvalue weighted by molar-refractivity contribution is -0.158. The fourth-order valence-corrected chi connectivity index (χ4v) is 3.31. The van der Waals surface area contributed by atoms with Gasteiger partial charge in [-0.25, -0.2) is 0 Å². The molecule has 1 unspecified atom stereocenters. The monoisotopic (exact) mass is 390 g/mol. The lowest BCUT2D eigenvalue weighted by Crippen LogP contribution is -2.34. The van der Waals surface area contributed by atoms with Crippen LogP contribution in [0.5, 0.6) is 5.75 Å². The summed E-state index contributed by atoms with van der Waals surface area (Å²) in [4.78, 5) is 26.2. The number of nitrogens with zero attached hydrogens (tertiary/aromatic N) is 2. The number of hydrogen-bond acceptors (Lipinski definition) is 4. The second-order valence-electron chi connectivity index (χ2n) is 7.82. The Morgan fingerprint density at radius 3 is 2.50 bits per heavy atom. The van der Waals surface area contributed by atoms with Crippen molar-refractivity contribution in [3.05, 3.63) is 41.5 Å². The summed E-state index contributed by atoms with van der Waals surface area (Å²) in [6, 6.07) is 7.50. The van der Waals surface area contributed by atoms with Crippen molar-refractivity contribution in [2.75, 3.05) is 13.6 Å². The van der Waals surface area contributed by atoms with Crippen LogP contribution >= 0.6 is 0 Å². The maximum Gasteiger partial charge on any atom is 0.394 e. The van der Waals surface area contributed by atoms with Crippen LogP contribution < -0.4 is 4.74 Å². The standard InChI is InChI=1S/C21H24F2N2O3/c1-20(2)12-14(11-16(13-24)18(20)26)9-10-25(4)19(27)15-5-7-17(8-6-15)28-21(3,22)23/h5-8,11,14H,9-10,12H2,1-4H3. The molecular weight excluding hydrogens is 366 g/mol. The normalized spacial score (nSPS) is 18.8. The van der Waals surface area contributed by atoms with Gasteiger partial charge in [-0.05, 0) is 43.0 Å². The van der Waals surface area contributed by atoms with Crippen LogP contribution in [0.2, 0.25) is 0 Å². The van der Waals surface area contributed by atoms with Crippen LogP contribution in [0.15, 0.2) is 35.9 Å². The maximum atomic E-state index is 12.9. The van der Waals surface area contributed by atoms with E-state index >= 15 is 0 Å². The van der Waals surface area contributed by atoms with E-state index in [1.807, 2.05) is 19.9 Å². The minimum atomic E-state index is -3.28. The number of amides is 1. The highest BCUT2D eigenvalue weighted by molar-refractivity contribution is 6.03. The smallest absolute Gasteiger partial charge is 0.394 e. The SMILES string of the molecule is CN(CCC1C=C(C#N)C(=O)C(C)(C)C1)C(=O)c1ccc(OC(C)(F)F)cc1. The van der Waals surface area contributed by atoms with E-state index < -0.39 is 11.5 Å². The maximum absolute atomic E-state index is 12.9. The summed E-state index contributed by atoms with van der Waals surface area (Å²) in [6.07, 6.45) is -0.347. The first kappa shape index (κ1) is 21.5. The third-order valence-electron chi connectivity index (χ3n) is 4.73. The van der Waals surface area contributed by atoms with Gasteiger partial charge in [0.05, 0.1) is 5.57 Å². The number of ketones is 1. The molecule has 150 valence electrons. The van der Waals surface area contributed by atoms with Gasteiger partial charge in [-0.3, -0.25) is 9.59 Å². The van der Waals surface area contributed by atoms with E-state index in [2.05, 4.69) is 4.74 Å². The van der Waals surface area contributed by atoms with Crippen LogP contribution in [0.25, 0.3) is 0 Å². The van der Waals surface area contributed by atoms with Crippen LogP contribution in [0.3, 0.4) is 0 Å². The van der Waals surface area contributed by atoms with Gasteiger partial charge in [0, 0.05) is 31.5 Å². The fourth-order valence-electron chi connectivity index (χ4n) is 3.31. The molecule has 0 aliphatic heterocycles. The highest BCUT2D eigenvalue weighted by Gasteiger charge is 2.36. The molecule has 0 aromatic heterocycles. The van der Waals surface area contributed by atoms with Crippen molar-refractivity contribution in [2.45, 2.75) is 39.7 Å². The van der Waals surface area contributed by atoms with Crippen LogP contribution in [0, 0.1) is 22.7 Å². The minimum absolute atomic E-state index is 0.0185. The molecule has 1 aromatic carbocycles. The van der Waals surface area contributed by atoms with Gasteiger partial charge in [-0.1, -0.05) is 19.9 Å². The number of halogens is 2. The second-order valence-corrected chi connectivity index (χ2v) is 7.82. The number of carbonyl (C=O) groups is 2. The van der Waals surface area contributed by atoms with Crippen LogP contribution in [0.4, 0.5) is 8.78 Å². The summed E-state index contributed by atoms with van der Waals surface area (Å²) < 4.78 is 30.2. The number of rotatable bonds is 6. The molecule has 0 saturated carbocycles. The Morgan fingerprint density at radius 2 is 1.96 bits per heavy atom. The molecule has 0 N–H and O–H groups in total. The average molecular weight is 390 g/mol. The van der Waals surface area contributed by atoms with E-state index in [-0.39, 0.29) is 28.9 Å². The highest BCUT2D eigenvalue weighted by atomic mass is 19.3. The highest BCUT2D eigenvalue weighted by Crippen LogP contribution is 2.36. The van der Waals surface area contributed by atoms with Crippen molar-refractivity contribution in [3.63, 3.8) is 0 Å². The van der Waals surface area contributed by atoms with E-state index in [0.717, 1.165) is 0 Å². The van der Waals surface area contributed by atoms with Crippen molar-refractivity contribution in [1.82, 2.24) is 4.90 Å². The molecule has 2 rings (SSSR count). The molecule has 1 atom stereocenters. The summed E-state index contributed by atoms with van der Waals surface area (Å²) in [5.41, 5.74) is -0.0512. The van der Waals surface area contributed by atoms with Gasteiger partial charge in [-0.2, -0.15) is 14.0 Å². The molecule has 0 bridgehead atoms. The number of nitriles is 1. The topological polar surface area (TPSA) is 70.4 Å². The zero-order chi connectivity index (χ0) is 21.1. The van der Waals surface area contributed by atoms with E-state index in [0.29, 0.717) is 31.9 Å². The van der Waals surface area contributed by atoms with Crippen molar-refractivity contribution in [1.29, 1.82) is 5.26 Å². The predicted molar refractivity (Wildman–Crippen MR) is 99.9 cm³/mol. The molecule has 0 spiro atoms. The van der Waals surface area contributed by atoms with Gasteiger partial charge in [0.15, 0.2) is 5.78 Å². The van der Waals surface area contributed by atoms with Crippen LogP contribution in [-0.4, -0.2) is 36.3 Å². The Labute approximate surface area is 163 Å². The Morgan fingerprint density at radius 1 is 1.36 bits per heavy atom. The molecule has 7 heteroatoms. The first-order valence-corrected chi connectivity index (χ1v) is 9.02. The number of benzene rings is 1. The summed E-state index contributed by atoms with van der Waals surface area (Å²) in [5, 5.41) is 9.16. The summed E-state index contributed by atoms with van der Waals surface area (Å²) in [5.74, 6) is -0.378. The Kier molecular flexibility index (Phi) is 6.23. The van der Waals surface area contributed by atoms with Gasteiger partial charge in [0.25, 0.3) is 5.91 Å². The summed E-state index contributed by atoms with van der Waals surface area (Å²) >= 11 is 0. The van der Waals surface area contributed by atoms with Gasteiger partial charge >= 0.3 is 6.11 Å². The molecule has 1 aliphatic carbocycles. The van der Waals surface area contributed by atoms with Crippen LogP contribution in [-0.2, 0) is 4.79 Å². The van der Waals surface area contributed by atoms with Crippen molar-refractivity contribution >= 4 is 11.7 Å². The zero-order valence-corrected chi connectivity index (χ0v) is 16.5. The predicted octanol–water partition coefficient (Wildman–Crippen LogP) is 4.21. The summed E-state index contributed by atoms with van der Waals surface area (Å²) in [6.45, 7) is 4.73. The quantitative estimate of drug-likeness (QED) is 0.730. The Balaban J connectivity index is 1.98. The summed E-state index contributed by atoms with van der Waals surface area (Å²) in [7, 11) is 1.65. The molecule has 1 amide bonds. The van der Waals surface area contributed by atoms with Gasteiger partial charge in [0.1, 0.15) is 11.8 Å². The Bertz CT molecular complexity index is 818. The average Bonchev–Trinajstić information content (AvgIpc) is 2.60. The lowest BCUT2D eigenvalue weighted by atomic mass is 9.71. The van der Waals surface area contributed by atoms with E-state index in [1.54, 1.807) is 13.1 Å². The molecular formula is C21H24F2N2O3. The first-order chi connectivity index (χ1) is 12.9. The van der Waals surface area contributed by atoms with Crippen molar-refractivity contribution < 1.29 is 23.1 Å². The second kappa shape index (κ2) is 8.09. The molecule has 0 saturated heterocycles. The van der Waals surface area contributed by atoms with Crippen LogP contribution in [0.1, 0.15) is 44.0 Å². The number of ether oxygens (including phenoxy) is 1. The molecule has 0 radical (unpaired) electrons. The number of Topliss-reactive ketones (excluding diaryl/α,β-unsaturated/α-hetero) is 1. The molecule has 0 heterocycles. The fraction of sp³-hybridized carbons (Fsp3) is 0.476. The van der Waals surface area contributed by atoms with Gasteiger partial charge in [0.2, 0.25) is 0 Å². The van der Waals surface area contributed by atoms with Crippen molar-refractivity contribution in [2.24, 2.45) is 11.3 Å². The third-order valence-corrected chi connectivity index (χ3v) is 4.73. The van der Waals surface area contributed by atoms with E-state index in [1.165, 1.54) is 29.2 Å². The van der Waals surface area contributed by atoms with E-state index in [4.69, 9.17) is 5.26 Å². The minimum Gasteiger partial charge on any atom is -0.433 e.